The second kappa shape index (κ2) is 9.46. The molecule has 2 aromatic rings. The maximum Gasteiger partial charge on any atom is 0.228 e. The zero-order valence-corrected chi connectivity index (χ0v) is 19.2. The Balaban J connectivity index is 1.39. The van der Waals surface area contributed by atoms with Gasteiger partial charge in [0.05, 0.1) is 30.4 Å². The van der Waals surface area contributed by atoms with E-state index in [0.717, 1.165) is 37.3 Å². The monoisotopic (exact) mass is 442 g/mol. The molecule has 1 saturated heterocycles. The highest BCUT2D eigenvalue weighted by molar-refractivity contribution is 7.13. The third kappa shape index (κ3) is 5.31. The average molecular weight is 443 g/mol. The molecule has 31 heavy (non-hydrogen) atoms. The number of thiazole rings is 1. The molecular formula is C23H30N4O3S. The highest BCUT2D eigenvalue weighted by Gasteiger charge is 2.31. The topological polar surface area (TPSA) is 74.8 Å². The van der Waals surface area contributed by atoms with Gasteiger partial charge >= 0.3 is 0 Å². The maximum atomic E-state index is 12.8. The molecule has 0 aliphatic carbocycles. The van der Waals surface area contributed by atoms with Crippen molar-refractivity contribution in [1.82, 2.24) is 14.8 Å². The van der Waals surface area contributed by atoms with Crippen molar-refractivity contribution < 1.29 is 14.3 Å². The lowest BCUT2D eigenvalue weighted by Gasteiger charge is -2.36. The van der Waals surface area contributed by atoms with E-state index < -0.39 is 0 Å². The molecule has 3 atom stereocenters. The van der Waals surface area contributed by atoms with Crippen LogP contribution in [0.5, 0.6) is 0 Å². The Kier molecular flexibility index (Phi) is 6.69. The quantitative estimate of drug-likeness (QED) is 0.770. The van der Waals surface area contributed by atoms with Gasteiger partial charge in [-0.1, -0.05) is 24.3 Å². The number of aromatic nitrogens is 1. The van der Waals surface area contributed by atoms with Gasteiger partial charge in [-0.2, -0.15) is 0 Å². The molecule has 3 heterocycles. The van der Waals surface area contributed by atoms with Gasteiger partial charge < -0.3 is 15.0 Å². The largest absolute Gasteiger partial charge is 0.373 e. The van der Waals surface area contributed by atoms with Crippen molar-refractivity contribution in [3.63, 3.8) is 0 Å². The number of amides is 2. The van der Waals surface area contributed by atoms with Crippen molar-refractivity contribution in [2.75, 3.05) is 25.0 Å². The van der Waals surface area contributed by atoms with Crippen LogP contribution in [0.3, 0.4) is 0 Å². The average Bonchev–Trinajstić information content (AvgIpc) is 3.13. The molecule has 0 spiro atoms. The zero-order chi connectivity index (χ0) is 22.0. The Morgan fingerprint density at radius 3 is 2.71 bits per heavy atom. The van der Waals surface area contributed by atoms with E-state index in [9.17, 15) is 9.59 Å². The van der Waals surface area contributed by atoms with Gasteiger partial charge in [-0.05, 0) is 31.4 Å². The van der Waals surface area contributed by atoms with Crippen LogP contribution in [0.1, 0.15) is 50.1 Å². The standard InChI is InChI=1S/C23H30N4O3S/c1-15-11-26(12-16(2)30-15)13-19-14-31-23(24-19)25-22(29)10-21-20-7-5-4-6-18(20)8-9-27(21)17(3)28/h4-7,14-16,21H,8-13H2,1-3H3,(H,24,25,29). The predicted molar refractivity (Wildman–Crippen MR) is 121 cm³/mol. The van der Waals surface area contributed by atoms with E-state index in [1.54, 1.807) is 11.8 Å². The molecule has 1 fully saturated rings. The number of hydrogen-bond donors (Lipinski definition) is 1. The number of rotatable bonds is 5. The van der Waals surface area contributed by atoms with Gasteiger partial charge in [0.1, 0.15) is 0 Å². The molecule has 2 aliphatic rings. The van der Waals surface area contributed by atoms with Crippen LogP contribution >= 0.6 is 11.3 Å². The highest BCUT2D eigenvalue weighted by Crippen LogP contribution is 2.32. The summed E-state index contributed by atoms with van der Waals surface area (Å²) in [6.45, 7) is 8.89. The SMILES string of the molecule is CC(=O)N1CCc2ccccc2C1CC(=O)Nc1nc(CN2CC(C)OC(C)C2)cs1. The molecule has 2 aliphatic heterocycles. The number of morpholine rings is 1. The van der Waals surface area contributed by atoms with Gasteiger partial charge in [0.25, 0.3) is 0 Å². The van der Waals surface area contributed by atoms with Crippen molar-refractivity contribution in [1.29, 1.82) is 0 Å². The zero-order valence-electron chi connectivity index (χ0n) is 18.3. The van der Waals surface area contributed by atoms with Gasteiger partial charge in [0.2, 0.25) is 11.8 Å². The Labute approximate surface area is 187 Å². The van der Waals surface area contributed by atoms with Crippen LogP contribution in [0, 0.1) is 0 Å². The minimum absolute atomic E-state index is 0.00203. The first-order valence-corrected chi connectivity index (χ1v) is 11.7. The van der Waals surface area contributed by atoms with Crippen LogP contribution in [0.4, 0.5) is 5.13 Å². The van der Waals surface area contributed by atoms with Gasteiger partial charge in [0, 0.05) is 38.5 Å². The fourth-order valence-corrected chi connectivity index (χ4v) is 5.39. The molecule has 8 heteroatoms. The summed E-state index contributed by atoms with van der Waals surface area (Å²) in [6.07, 6.45) is 1.47. The fourth-order valence-electron chi connectivity index (χ4n) is 4.67. The Morgan fingerprint density at radius 1 is 1.23 bits per heavy atom. The number of ether oxygens (including phenoxy) is 1. The molecule has 1 N–H and O–H groups in total. The summed E-state index contributed by atoms with van der Waals surface area (Å²) in [7, 11) is 0. The van der Waals surface area contributed by atoms with E-state index in [1.807, 2.05) is 23.6 Å². The molecule has 4 rings (SSSR count). The van der Waals surface area contributed by atoms with Gasteiger partial charge in [-0.15, -0.1) is 11.3 Å². The molecule has 0 bridgehead atoms. The van der Waals surface area contributed by atoms with Crippen molar-refractivity contribution in [3.05, 3.63) is 46.5 Å². The van der Waals surface area contributed by atoms with Crippen LogP contribution in [0.25, 0.3) is 0 Å². The fraction of sp³-hybridized carbons (Fsp3) is 0.522. The lowest BCUT2D eigenvalue weighted by Crippen LogP contribution is -2.44. The van der Waals surface area contributed by atoms with Gasteiger partial charge in [-0.3, -0.25) is 14.5 Å². The third-order valence-electron chi connectivity index (χ3n) is 5.87. The molecule has 1 aromatic heterocycles. The van der Waals surface area contributed by atoms with E-state index in [2.05, 4.69) is 35.1 Å². The normalized spacial score (nSPS) is 24.0. The van der Waals surface area contributed by atoms with Crippen LogP contribution < -0.4 is 5.32 Å². The Bertz CT molecular complexity index is 936. The Hall–Kier alpha value is -2.29. The highest BCUT2D eigenvalue weighted by atomic mass is 32.1. The second-order valence-corrected chi connectivity index (χ2v) is 9.38. The molecule has 0 radical (unpaired) electrons. The number of carbonyl (C=O) groups excluding carboxylic acids is 2. The van der Waals surface area contributed by atoms with Crippen molar-refractivity contribution in [2.45, 2.75) is 58.4 Å². The van der Waals surface area contributed by atoms with E-state index in [4.69, 9.17) is 4.74 Å². The van der Waals surface area contributed by atoms with Crippen LogP contribution in [0.15, 0.2) is 29.6 Å². The minimum Gasteiger partial charge on any atom is -0.373 e. The van der Waals surface area contributed by atoms with Crippen molar-refractivity contribution in [2.24, 2.45) is 0 Å². The smallest absolute Gasteiger partial charge is 0.228 e. The lowest BCUT2D eigenvalue weighted by molar-refractivity contribution is -0.132. The van der Waals surface area contributed by atoms with Gasteiger partial charge in [-0.25, -0.2) is 4.98 Å². The summed E-state index contributed by atoms with van der Waals surface area (Å²) < 4.78 is 5.79. The summed E-state index contributed by atoms with van der Waals surface area (Å²) in [5, 5.41) is 5.54. The summed E-state index contributed by atoms with van der Waals surface area (Å²) in [5.74, 6) is -0.125. The second-order valence-electron chi connectivity index (χ2n) is 8.52. The summed E-state index contributed by atoms with van der Waals surface area (Å²) in [4.78, 5) is 33.7. The predicted octanol–water partition coefficient (Wildman–Crippen LogP) is 3.23. The number of anilines is 1. The maximum absolute atomic E-state index is 12.8. The Morgan fingerprint density at radius 2 is 1.97 bits per heavy atom. The molecule has 2 amide bonds. The first kappa shape index (κ1) is 21.9. The summed E-state index contributed by atoms with van der Waals surface area (Å²) >= 11 is 1.44. The van der Waals surface area contributed by atoms with E-state index in [-0.39, 0.29) is 36.5 Å². The molecule has 3 unspecified atom stereocenters. The van der Waals surface area contributed by atoms with Crippen molar-refractivity contribution >= 4 is 28.3 Å². The first-order valence-electron chi connectivity index (χ1n) is 10.9. The number of fused-ring (bicyclic) bond motifs is 1. The van der Waals surface area contributed by atoms with E-state index in [0.29, 0.717) is 11.7 Å². The van der Waals surface area contributed by atoms with E-state index >= 15 is 0 Å². The minimum atomic E-state index is -0.238. The molecular weight excluding hydrogens is 412 g/mol. The number of carbonyl (C=O) groups is 2. The molecule has 0 saturated carbocycles. The van der Waals surface area contributed by atoms with Crippen LogP contribution in [0.2, 0.25) is 0 Å². The van der Waals surface area contributed by atoms with Gasteiger partial charge in [0.15, 0.2) is 5.13 Å². The summed E-state index contributed by atoms with van der Waals surface area (Å²) in [6, 6.07) is 7.84. The number of nitrogens with zero attached hydrogens (tertiary/aromatic N) is 3. The van der Waals surface area contributed by atoms with Crippen LogP contribution in [-0.2, 0) is 27.3 Å². The summed E-state index contributed by atoms with van der Waals surface area (Å²) in [5.41, 5.74) is 3.23. The number of benzene rings is 1. The first-order chi connectivity index (χ1) is 14.9. The molecule has 166 valence electrons. The lowest BCUT2D eigenvalue weighted by atomic mass is 9.90. The van der Waals surface area contributed by atoms with E-state index in [1.165, 1.54) is 16.9 Å². The molecule has 7 nitrogen and oxygen atoms in total. The molecule has 1 aromatic carbocycles. The number of nitrogens with one attached hydrogen (secondary N) is 1. The van der Waals surface area contributed by atoms with Crippen molar-refractivity contribution in [3.8, 4) is 0 Å². The number of hydrogen-bond acceptors (Lipinski definition) is 6. The van der Waals surface area contributed by atoms with Crippen LogP contribution in [-0.4, -0.2) is 58.4 Å². The third-order valence-corrected chi connectivity index (χ3v) is 6.68.